The van der Waals surface area contributed by atoms with E-state index in [9.17, 15) is 5.26 Å². The molecular formula is C23H19BrN4. The molecule has 4 rings (SSSR count). The van der Waals surface area contributed by atoms with Crippen molar-refractivity contribution in [2.45, 2.75) is 20.8 Å². The molecule has 0 atom stereocenters. The van der Waals surface area contributed by atoms with Crippen molar-refractivity contribution in [3.8, 4) is 11.8 Å². The predicted molar refractivity (Wildman–Crippen MR) is 117 cm³/mol. The zero-order valence-corrected chi connectivity index (χ0v) is 17.5. The van der Waals surface area contributed by atoms with Crippen molar-refractivity contribution >= 4 is 38.6 Å². The Labute approximate surface area is 172 Å². The minimum Gasteiger partial charge on any atom is -0.337 e. The average Bonchev–Trinajstić information content (AvgIpc) is 3.20. The lowest BCUT2D eigenvalue weighted by atomic mass is 10.1. The number of halogens is 1. The number of fused-ring (bicyclic) bond motifs is 1. The highest BCUT2D eigenvalue weighted by Gasteiger charge is 2.13. The molecule has 0 saturated carbocycles. The first-order valence-electron chi connectivity index (χ1n) is 8.99. The summed E-state index contributed by atoms with van der Waals surface area (Å²) in [5.74, 6) is 0.594. The van der Waals surface area contributed by atoms with Crippen molar-refractivity contribution in [1.29, 1.82) is 5.26 Å². The molecule has 28 heavy (non-hydrogen) atoms. The molecule has 0 unspecified atom stereocenters. The molecule has 0 aliphatic rings. The Bertz CT molecular complexity index is 1250. The van der Waals surface area contributed by atoms with Crippen LogP contribution in [0.15, 0.2) is 53.0 Å². The van der Waals surface area contributed by atoms with E-state index in [1.807, 2.05) is 43.3 Å². The van der Waals surface area contributed by atoms with Gasteiger partial charge in [0, 0.05) is 21.5 Å². The van der Waals surface area contributed by atoms with Crippen LogP contribution < -0.4 is 0 Å². The SMILES string of the molecule is Cc1ccc2nc(/C(C#N)=C/c3cc(C)n(-c4ccc(Br)cc4)c3C)[nH]c2c1. The van der Waals surface area contributed by atoms with Crippen LogP contribution in [-0.2, 0) is 0 Å². The number of hydrogen-bond acceptors (Lipinski definition) is 2. The maximum atomic E-state index is 9.74. The zero-order chi connectivity index (χ0) is 19.8. The summed E-state index contributed by atoms with van der Waals surface area (Å²) in [4.78, 5) is 7.86. The first-order chi connectivity index (χ1) is 13.5. The van der Waals surface area contributed by atoms with E-state index >= 15 is 0 Å². The lowest BCUT2D eigenvalue weighted by molar-refractivity contribution is 0.964. The van der Waals surface area contributed by atoms with Crippen molar-refractivity contribution in [2.24, 2.45) is 0 Å². The van der Waals surface area contributed by atoms with Gasteiger partial charge in [-0.15, -0.1) is 0 Å². The second-order valence-corrected chi connectivity index (χ2v) is 7.83. The smallest absolute Gasteiger partial charge is 0.149 e. The summed E-state index contributed by atoms with van der Waals surface area (Å²) in [5.41, 5.74) is 7.78. The number of nitrogens with one attached hydrogen (secondary N) is 1. The first kappa shape index (κ1) is 18.3. The van der Waals surface area contributed by atoms with E-state index in [1.54, 1.807) is 0 Å². The Morgan fingerprint density at radius 2 is 1.86 bits per heavy atom. The summed E-state index contributed by atoms with van der Waals surface area (Å²) in [5, 5.41) is 9.74. The fraction of sp³-hybridized carbons (Fsp3) is 0.130. The highest BCUT2D eigenvalue weighted by atomic mass is 79.9. The number of aryl methyl sites for hydroxylation is 2. The minimum atomic E-state index is 0.518. The molecule has 0 radical (unpaired) electrons. The Hall–Kier alpha value is -3.10. The van der Waals surface area contributed by atoms with Gasteiger partial charge in [-0.25, -0.2) is 4.98 Å². The molecule has 0 fully saturated rings. The summed E-state index contributed by atoms with van der Waals surface area (Å²) in [6.45, 7) is 6.18. The normalized spacial score (nSPS) is 11.8. The van der Waals surface area contributed by atoms with Crippen molar-refractivity contribution in [3.63, 3.8) is 0 Å². The number of aromatic amines is 1. The molecule has 0 saturated heterocycles. The van der Waals surface area contributed by atoms with Gasteiger partial charge in [0.1, 0.15) is 11.9 Å². The molecule has 0 bridgehead atoms. The molecule has 1 N–H and O–H groups in total. The van der Waals surface area contributed by atoms with Gasteiger partial charge in [-0.1, -0.05) is 22.0 Å². The number of aromatic nitrogens is 3. The molecule has 0 amide bonds. The molecule has 2 aromatic carbocycles. The van der Waals surface area contributed by atoms with Crippen LogP contribution in [-0.4, -0.2) is 14.5 Å². The summed E-state index contributed by atoms with van der Waals surface area (Å²) >= 11 is 3.48. The van der Waals surface area contributed by atoms with Crippen LogP contribution in [0, 0.1) is 32.1 Å². The summed E-state index contributed by atoms with van der Waals surface area (Å²) < 4.78 is 3.24. The number of hydrogen-bond donors (Lipinski definition) is 1. The van der Waals surface area contributed by atoms with Crippen LogP contribution in [0.25, 0.3) is 28.4 Å². The van der Waals surface area contributed by atoms with E-state index in [0.717, 1.165) is 43.7 Å². The van der Waals surface area contributed by atoms with Gasteiger partial charge in [-0.05, 0) is 80.4 Å². The minimum absolute atomic E-state index is 0.518. The number of nitriles is 1. The van der Waals surface area contributed by atoms with Gasteiger partial charge in [-0.3, -0.25) is 0 Å². The highest BCUT2D eigenvalue weighted by Crippen LogP contribution is 2.26. The van der Waals surface area contributed by atoms with E-state index in [-0.39, 0.29) is 0 Å². The van der Waals surface area contributed by atoms with Crippen molar-refractivity contribution in [2.75, 3.05) is 0 Å². The summed E-state index contributed by atoms with van der Waals surface area (Å²) in [6.07, 6.45) is 1.91. The van der Waals surface area contributed by atoms with E-state index < -0.39 is 0 Å². The molecule has 0 spiro atoms. The maximum Gasteiger partial charge on any atom is 0.149 e. The van der Waals surface area contributed by atoms with Gasteiger partial charge in [-0.2, -0.15) is 5.26 Å². The van der Waals surface area contributed by atoms with Crippen LogP contribution in [0.1, 0.15) is 28.3 Å². The van der Waals surface area contributed by atoms with Gasteiger partial charge in [0.15, 0.2) is 0 Å². The zero-order valence-electron chi connectivity index (χ0n) is 15.9. The molecule has 4 nitrogen and oxygen atoms in total. The van der Waals surface area contributed by atoms with Gasteiger partial charge in [0.25, 0.3) is 0 Å². The largest absolute Gasteiger partial charge is 0.337 e. The topological polar surface area (TPSA) is 57.4 Å². The number of nitrogens with zero attached hydrogens (tertiary/aromatic N) is 3. The van der Waals surface area contributed by atoms with Crippen molar-refractivity contribution < 1.29 is 0 Å². The third kappa shape index (κ3) is 3.28. The Morgan fingerprint density at radius 1 is 1.11 bits per heavy atom. The highest BCUT2D eigenvalue weighted by molar-refractivity contribution is 9.10. The number of H-pyrrole nitrogens is 1. The molecule has 2 heterocycles. The maximum absolute atomic E-state index is 9.74. The third-order valence-corrected chi connectivity index (χ3v) is 5.40. The molecule has 138 valence electrons. The fourth-order valence-electron chi connectivity index (χ4n) is 3.48. The van der Waals surface area contributed by atoms with E-state index in [1.165, 1.54) is 0 Å². The predicted octanol–water partition coefficient (Wildman–Crippen LogP) is 6.11. The molecule has 0 aliphatic heterocycles. The average molecular weight is 431 g/mol. The van der Waals surface area contributed by atoms with Crippen molar-refractivity contribution in [1.82, 2.24) is 14.5 Å². The molecule has 4 aromatic rings. The number of benzene rings is 2. The fourth-order valence-corrected chi connectivity index (χ4v) is 3.75. The Morgan fingerprint density at radius 3 is 2.57 bits per heavy atom. The molecule has 0 aliphatic carbocycles. The van der Waals surface area contributed by atoms with Gasteiger partial charge >= 0.3 is 0 Å². The number of allylic oxidation sites excluding steroid dienone is 1. The van der Waals surface area contributed by atoms with Crippen LogP contribution in [0.4, 0.5) is 0 Å². The second-order valence-electron chi connectivity index (χ2n) is 6.91. The lowest BCUT2D eigenvalue weighted by Crippen LogP contribution is -1.98. The van der Waals surface area contributed by atoms with Gasteiger partial charge in [0.2, 0.25) is 0 Å². The Balaban J connectivity index is 1.79. The quantitative estimate of drug-likeness (QED) is 0.398. The number of imidazole rings is 1. The van der Waals surface area contributed by atoms with Crippen LogP contribution >= 0.6 is 15.9 Å². The third-order valence-electron chi connectivity index (χ3n) is 4.87. The molecular weight excluding hydrogens is 412 g/mol. The summed E-state index contributed by atoms with van der Waals surface area (Å²) in [6, 6.07) is 18.6. The number of rotatable bonds is 3. The Kier molecular flexibility index (Phi) is 4.66. The first-order valence-corrected chi connectivity index (χ1v) is 9.79. The standard InChI is InChI=1S/C23H19BrN4/c1-14-4-9-21-22(10-14)27-23(26-21)18(13-25)12-17-11-15(2)28(16(17)3)20-7-5-19(24)6-8-20/h4-12H,1-3H3,(H,26,27)/b18-12+. The summed E-state index contributed by atoms with van der Waals surface area (Å²) in [7, 11) is 0. The van der Waals surface area contributed by atoms with Crippen LogP contribution in [0.2, 0.25) is 0 Å². The van der Waals surface area contributed by atoms with Crippen LogP contribution in [0.3, 0.4) is 0 Å². The monoisotopic (exact) mass is 430 g/mol. The van der Waals surface area contributed by atoms with Crippen LogP contribution in [0.5, 0.6) is 0 Å². The van der Waals surface area contributed by atoms with E-state index in [2.05, 4.69) is 68.6 Å². The van der Waals surface area contributed by atoms with E-state index in [0.29, 0.717) is 11.4 Å². The lowest BCUT2D eigenvalue weighted by Gasteiger charge is -2.09. The van der Waals surface area contributed by atoms with Gasteiger partial charge < -0.3 is 9.55 Å². The van der Waals surface area contributed by atoms with Gasteiger partial charge in [0.05, 0.1) is 16.6 Å². The van der Waals surface area contributed by atoms with E-state index in [4.69, 9.17) is 0 Å². The molecule has 5 heteroatoms. The molecule has 2 aromatic heterocycles. The second kappa shape index (κ2) is 7.14. The van der Waals surface area contributed by atoms with Crippen molar-refractivity contribution in [3.05, 3.63) is 81.3 Å².